The van der Waals surface area contributed by atoms with Crippen LogP contribution in [0.5, 0.6) is 0 Å². The number of carbonyl (C=O) groups excluding carboxylic acids is 4. The zero-order chi connectivity index (χ0) is 65.1. The lowest BCUT2D eigenvalue weighted by Gasteiger charge is -2.24. The maximum absolute atomic E-state index is 12.7. The number of quaternary nitrogens is 2. The number of rotatable bonds is 60. The van der Waals surface area contributed by atoms with E-state index >= 15 is 0 Å². The topological polar surface area (TPSA) is 149 Å². The van der Waals surface area contributed by atoms with Crippen LogP contribution in [0.2, 0.25) is 0 Å². The van der Waals surface area contributed by atoms with Crippen LogP contribution in [0.1, 0.15) is 387 Å². The average molecular weight is 1250 g/mol. The fourth-order valence-electron chi connectivity index (χ4n) is 10.8. The van der Waals surface area contributed by atoms with Crippen molar-refractivity contribution >= 4 is 34.0 Å². The molecule has 0 aromatic heterocycles. The molecule has 4 amide bonds. The Labute approximate surface area is 541 Å². The normalized spacial score (nSPS) is 12.2. The predicted molar refractivity (Wildman–Crippen MR) is 373 cm³/mol. The van der Waals surface area contributed by atoms with Crippen LogP contribution in [0.4, 0.5) is 0 Å². The molecular weight excluding hydrogens is 1100 g/mol. The Balaban J connectivity index is -0.00000150. The van der Waals surface area contributed by atoms with Gasteiger partial charge in [-0.2, -0.15) is 0 Å². The van der Waals surface area contributed by atoms with Gasteiger partial charge in [0.15, 0.2) is 0 Å². The average Bonchev–Trinajstić information content (AvgIpc) is 3.28. The Bertz CT molecular complexity index is 1540. The van der Waals surface area contributed by atoms with Crippen LogP contribution >= 0.6 is 0 Å². The van der Waals surface area contributed by atoms with E-state index in [2.05, 4.69) is 76.3 Å². The summed E-state index contributed by atoms with van der Waals surface area (Å²) < 4.78 is 33.9. The molecule has 10 nitrogen and oxygen atoms in total. The second-order valence-corrected chi connectivity index (χ2v) is 27.0. The summed E-state index contributed by atoms with van der Waals surface area (Å²) in [5.74, 6) is 0.335. The van der Waals surface area contributed by atoms with Crippen molar-refractivity contribution in [1.82, 2.24) is 0 Å². The first-order chi connectivity index (χ1) is 41.9. The second-order valence-electron chi connectivity index (χ2n) is 26.2. The summed E-state index contributed by atoms with van der Waals surface area (Å²) in [4.78, 5) is 50.9. The largest absolute Gasteiger partial charge is 0.759 e. The van der Waals surface area contributed by atoms with Crippen molar-refractivity contribution in [2.45, 2.75) is 387 Å². The number of hydrogen-bond donors (Lipinski definition) is 0. The van der Waals surface area contributed by atoms with Gasteiger partial charge in [0.05, 0.1) is 53.9 Å². The monoisotopic (exact) mass is 1250 g/mol. The molecule has 0 saturated heterocycles. The number of unbranched alkanes of at least 4 members (excludes halogenated alkanes) is 44. The Morgan fingerprint density at radius 1 is 0.241 bits per heavy atom. The first-order valence-electron chi connectivity index (χ1n) is 37.0. The summed E-state index contributed by atoms with van der Waals surface area (Å²) in [5.41, 5.74) is 0. The van der Waals surface area contributed by atoms with Crippen molar-refractivity contribution < 1.29 is 45.7 Å². The zero-order valence-electron chi connectivity index (χ0n) is 58.8. The highest BCUT2D eigenvalue weighted by Crippen LogP contribution is 2.19. The third-order valence-corrected chi connectivity index (χ3v) is 17.1. The molecule has 0 radical (unpaired) electrons. The lowest BCUT2D eigenvalue weighted by atomic mass is 10.1. The molecule has 0 saturated carbocycles. The molecule has 0 aliphatic heterocycles. The maximum atomic E-state index is 12.7. The zero-order valence-corrected chi connectivity index (χ0v) is 59.6. The third kappa shape index (κ3) is 69.2. The van der Waals surface area contributed by atoms with Crippen molar-refractivity contribution in [3.05, 3.63) is 48.6 Å². The molecule has 0 aromatic carbocycles. The molecule has 0 aromatic rings. The van der Waals surface area contributed by atoms with Crippen molar-refractivity contribution in [1.29, 1.82) is 0 Å². The van der Waals surface area contributed by atoms with Gasteiger partial charge in [0.25, 0.3) is 0 Å². The van der Waals surface area contributed by atoms with Gasteiger partial charge in [-0.05, 0) is 128 Å². The second kappa shape index (κ2) is 67.8. The van der Waals surface area contributed by atoms with Crippen LogP contribution in [0.25, 0.3) is 0 Å². The van der Waals surface area contributed by atoms with Gasteiger partial charge < -0.3 is 9.11 Å². The van der Waals surface area contributed by atoms with Crippen molar-refractivity contribution in [3.8, 4) is 0 Å². The molecule has 0 bridgehead atoms. The van der Waals surface area contributed by atoms with E-state index in [0.29, 0.717) is 25.7 Å². The van der Waals surface area contributed by atoms with Crippen LogP contribution in [0, 0.1) is 0 Å². The Kier molecular flexibility index (Phi) is 69.1. The number of carbonyl (C=O) groups is 4. The number of nitrogens with zero attached hydrogens (tertiary/aromatic N) is 2. The van der Waals surface area contributed by atoms with E-state index in [0.717, 1.165) is 51.4 Å². The van der Waals surface area contributed by atoms with Gasteiger partial charge in [-0.3, -0.25) is 8.42 Å². The maximum Gasteiger partial charge on any atom is 0.320 e. The fraction of sp³-hybridized carbons (Fsp3) is 0.842. The standard InChI is InChI=1S/2C38H72NO2.H2O4S/c2*1-5-7-9-11-13-15-17-19-21-23-25-27-29-31-33-35-37(40)39(3,4)38(41)36-34-32-30-28-26-24-22-20-18-16-14-12-10-8-6-2;1-5(2,3)4/h2*19-22H,5-18,23-36H2,1-4H3;(H2,1,2,3,4)/q2*+1;/p-2/b2*21-19-,22-20-;. The summed E-state index contributed by atoms with van der Waals surface area (Å²) in [6, 6.07) is 0. The SMILES string of the molecule is CCCCCCCC/C=C\CCCCCCCC(=O)[N+](C)(C)C(=O)CCCCCCC/C=C\CCCCCCCC.CCCCCCCC/C=C\CCCCCCCC(=O)[N+](C)(C)C(=O)CCCCCCC/C=C\CCCCCCCC.O=S(=O)([O-])[O-]. The highest BCUT2D eigenvalue weighted by Gasteiger charge is 2.34. The highest BCUT2D eigenvalue weighted by molar-refractivity contribution is 7.79. The molecule has 0 heterocycles. The number of allylic oxidation sites excluding steroid dienone is 8. The third-order valence-electron chi connectivity index (χ3n) is 17.1. The van der Waals surface area contributed by atoms with Crippen molar-refractivity contribution in [2.24, 2.45) is 0 Å². The van der Waals surface area contributed by atoms with Crippen molar-refractivity contribution in [2.75, 3.05) is 28.2 Å². The quantitative estimate of drug-likeness (QED) is 0.0192. The minimum atomic E-state index is -5.17. The summed E-state index contributed by atoms with van der Waals surface area (Å²) in [5, 5.41) is 0. The smallest absolute Gasteiger partial charge is 0.320 e. The van der Waals surface area contributed by atoms with E-state index in [1.165, 1.54) is 283 Å². The lowest BCUT2D eigenvalue weighted by Crippen LogP contribution is -2.50. The Morgan fingerprint density at radius 2 is 0.356 bits per heavy atom. The van der Waals surface area contributed by atoms with Gasteiger partial charge in [0.1, 0.15) is 0 Å². The van der Waals surface area contributed by atoms with Gasteiger partial charge in [0, 0.05) is 10.4 Å². The molecule has 0 aliphatic carbocycles. The molecule has 87 heavy (non-hydrogen) atoms. The Hall–Kier alpha value is -2.57. The first-order valence-corrected chi connectivity index (χ1v) is 38.3. The highest BCUT2D eigenvalue weighted by atomic mass is 32.3. The van der Waals surface area contributed by atoms with Crippen molar-refractivity contribution in [3.63, 3.8) is 0 Å². The van der Waals surface area contributed by atoms with Gasteiger partial charge in [-0.15, -0.1) is 0 Å². The van der Waals surface area contributed by atoms with Gasteiger partial charge in [-0.1, -0.05) is 282 Å². The van der Waals surface area contributed by atoms with E-state index in [4.69, 9.17) is 17.5 Å². The summed E-state index contributed by atoms with van der Waals surface area (Å²) >= 11 is 0. The molecular formula is C76H144N2O8S. The molecule has 0 N–H and O–H groups in total. The number of imide groups is 2. The fourth-order valence-corrected chi connectivity index (χ4v) is 10.8. The van der Waals surface area contributed by atoms with Gasteiger partial charge >= 0.3 is 23.6 Å². The van der Waals surface area contributed by atoms with E-state index in [-0.39, 0.29) is 32.6 Å². The van der Waals surface area contributed by atoms with Gasteiger partial charge in [-0.25, -0.2) is 28.1 Å². The minimum absolute atomic E-state index is 0.0766. The first kappa shape index (κ1) is 88.6. The molecule has 11 heteroatoms. The molecule has 0 spiro atoms. The van der Waals surface area contributed by atoms with Crippen LogP contribution in [-0.4, -0.2) is 78.3 Å². The van der Waals surface area contributed by atoms with Crippen LogP contribution in [-0.2, 0) is 29.6 Å². The molecule has 512 valence electrons. The summed E-state index contributed by atoms with van der Waals surface area (Å²) in [7, 11) is 2.00. The lowest BCUT2D eigenvalue weighted by molar-refractivity contribution is -0.736. The minimum Gasteiger partial charge on any atom is -0.759 e. The van der Waals surface area contributed by atoms with Crippen LogP contribution in [0.3, 0.4) is 0 Å². The molecule has 0 unspecified atom stereocenters. The molecule has 0 fully saturated rings. The molecule has 0 atom stereocenters. The van der Waals surface area contributed by atoms with Gasteiger partial charge in [0.2, 0.25) is 0 Å². The predicted octanol–water partition coefficient (Wildman–Crippen LogP) is 23.0. The van der Waals surface area contributed by atoms with E-state index in [9.17, 15) is 19.2 Å². The van der Waals surface area contributed by atoms with E-state index < -0.39 is 10.4 Å². The van der Waals surface area contributed by atoms with Crippen LogP contribution < -0.4 is 0 Å². The van der Waals surface area contributed by atoms with E-state index in [1.807, 2.05) is 0 Å². The van der Waals surface area contributed by atoms with E-state index in [1.54, 1.807) is 28.2 Å². The number of amides is 4. The van der Waals surface area contributed by atoms with Crippen LogP contribution in [0.15, 0.2) is 48.6 Å². The molecule has 0 aliphatic rings. The molecule has 0 rings (SSSR count). The Morgan fingerprint density at radius 3 is 0.494 bits per heavy atom. The summed E-state index contributed by atoms with van der Waals surface area (Å²) in [6.07, 6.45) is 86.3. The number of hydrogen-bond acceptors (Lipinski definition) is 8. The summed E-state index contributed by atoms with van der Waals surface area (Å²) in [6.45, 7) is 9.08.